The second kappa shape index (κ2) is 6.07. The zero-order valence-electron chi connectivity index (χ0n) is 12.1. The maximum absolute atomic E-state index is 12.3. The summed E-state index contributed by atoms with van der Waals surface area (Å²) in [5.41, 5.74) is -0.551. The zero-order valence-corrected chi connectivity index (χ0v) is 12.1. The molecule has 0 aromatic heterocycles. The topological polar surface area (TPSA) is 82.1 Å². The van der Waals surface area contributed by atoms with Gasteiger partial charge in [-0.3, -0.25) is 9.59 Å². The van der Waals surface area contributed by atoms with Crippen LogP contribution in [0.1, 0.15) is 13.8 Å². The van der Waals surface area contributed by atoms with Crippen molar-refractivity contribution in [2.24, 2.45) is 0 Å². The first-order chi connectivity index (χ1) is 9.43. The lowest BCUT2D eigenvalue weighted by molar-refractivity contribution is -0.173. The van der Waals surface area contributed by atoms with Gasteiger partial charge in [0, 0.05) is 39.3 Å². The molecule has 0 radical (unpaired) electrons. The van der Waals surface area contributed by atoms with Crippen LogP contribution >= 0.6 is 0 Å². The van der Waals surface area contributed by atoms with E-state index < -0.39 is 23.5 Å². The van der Waals surface area contributed by atoms with Crippen molar-refractivity contribution in [2.75, 3.05) is 45.9 Å². The highest BCUT2D eigenvalue weighted by molar-refractivity contribution is 6.35. The molecule has 2 aliphatic rings. The molecular weight excluding hydrogens is 262 g/mol. The molecule has 7 heteroatoms. The average Bonchev–Trinajstić information content (AvgIpc) is 2.44. The molecule has 20 heavy (non-hydrogen) atoms. The summed E-state index contributed by atoms with van der Waals surface area (Å²) in [6.45, 7) is 6.71. The molecule has 0 bridgehead atoms. The Balaban J connectivity index is 2.01. The van der Waals surface area contributed by atoms with Crippen LogP contribution in [0.25, 0.3) is 0 Å². The molecule has 7 nitrogen and oxygen atoms in total. The molecule has 2 saturated heterocycles. The minimum atomic E-state index is -0.551. The number of aliphatic hydroxyl groups excluding tert-OH is 1. The van der Waals surface area contributed by atoms with Crippen LogP contribution in [0.2, 0.25) is 0 Å². The van der Waals surface area contributed by atoms with Gasteiger partial charge in [-0.25, -0.2) is 0 Å². The van der Waals surface area contributed by atoms with Gasteiger partial charge in [0.15, 0.2) is 0 Å². The molecule has 114 valence electrons. The molecule has 1 unspecified atom stereocenters. The number of aliphatic hydroxyl groups is 1. The molecule has 0 aromatic carbocycles. The van der Waals surface area contributed by atoms with E-state index in [1.807, 2.05) is 13.8 Å². The van der Waals surface area contributed by atoms with Gasteiger partial charge in [-0.05, 0) is 13.8 Å². The number of hydrogen-bond donors (Lipinski definition) is 2. The van der Waals surface area contributed by atoms with Crippen LogP contribution in [0.4, 0.5) is 0 Å². The van der Waals surface area contributed by atoms with Crippen LogP contribution in [0.5, 0.6) is 0 Å². The fraction of sp³-hybridized carbons (Fsp3) is 0.846. The van der Waals surface area contributed by atoms with Gasteiger partial charge in [0.1, 0.15) is 0 Å². The van der Waals surface area contributed by atoms with Crippen molar-refractivity contribution in [1.82, 2.24) is 15.1 Å². The van der Waals surface area contributed by atoms with Crippen LogP contribution in [-0.2, 0) is 14.3 Å². The van der Waals surface area contributed by atoms with Crippen molar-refractivity contribution in [3.05, 3.63) is 0 Å². The lowest BCUT2D eigenvalue weighted by Crippen LogP contribution is -2.59. The minimum absolute atomic E-state index is 0.158. The number of nitrogens with one attached hydrogen (secondary N) is 1. The highest BCUT2D eigenvalue weighted by Gasteiger charge is 2.38. The SMILES string of the molecule is CC1(C)CN(C(=O)C(=O)N2CCNCC2)CC(CO)O1. The van der Waals surface area contributed by atoms with E-state index in [0.717, 1.165) is 0 Å². The van der Waals surface area contributed by atoms with E-state index in [1.54, 1.807) is 4.90 Å². The number of amides is 2. The highest BCUT2D eigenvalue weighted by Crippen LogP contribution is 2.21. The van der Waals surface area contributed by atoms with Gasteiger partial charge >= 0.3 is 11.8 Å². The van der Waals surface area contributed by atoms with Gasteiger partial charge in [-0.15, -0.1) is 0 Å². The van der Waals surface area contributed by atoms with Gasteiger partial charge in [0.05, 0.1) is 18.3 Å². The van der Waals surface area contributed by atoms with Crippen molar-refractivity contribution in [3.8, 4) is 0 Å². The lowest BCUT2D eigenvalue weighted by Gasteiger charge is -2.42. The molecular formula is C13H23N3O4. The van der Waals surface area contributed by atoms with Crippen molar-refractivity contribution in [3.63, 3.8) is 0 Å². The smallest absolute Gasteiger partial charge is 0.312 e. The highest BCUT2D eigenvalue weighted by atomic mass is 16.5. The lowest BCUT2D eigenvalue weighted by atomic mass is 10.1. The molecule has 2 aliphatic heterocycles. The minimum Gasteiger partial charge on any atom is -0.394 e. The summed E-state index contributed by atoms with van der Waals surface area (Å²) in [7, 11) is 0. The summed E-state index contributed by atoms with van der Waals surface area (Å²) in [6, 6.07) is 0. The standard InChI is InChI=1S/C13H23N3O4/c1-13(2)9-16(7-10(8-17)20-13)12(19)11(18)15-5-3-14-4-6-15/h10,14,17H,3-9H2,1-2H3. The molecule has 2 N–H and O–H groups in total. The monoisotopic (exact) mass is 285 g/mol. The first kappa shape index (κ1) is 15.2. The number of carbonyl (C=O) groups excluding carboxylic acids is 2. The van der Waals surface area contributed by atoms with E-state index in [1.165, 1.54) is 4.90 Å². The molecule has 0 aliphatic carbocycles. The maximum Gasteiger partial charge on any atom is 0.312 e. The van der Waals surface area contributed by atoms with Crippen molar-refractivity contribution in [2.45, 2.75) is 25.6 Å². The zero-order chi connectivity index (χ0) is 14.8. The van der Waals surface area contributed by atoms with Gasteiger partial charge in [0.25, 0.3) is 0 Å². The Morgan fingerprint density at radius 2 is 1.85 bits per heavy atom. The van der Waals surface area contributed by atoms with Crippen LogP contribution in [-0.4, -0.2) is 84.3 Å². The van der Waals surface area contributed by atoms with E-state index in [4.69, 9.17) is 4.74 Å². The summed E-state index contributed by atoms with van der Waals surface area (Å²) in [6.07, 6.45) is -0.432. The quantitative estimate of drug-likeness (QED) is 0.568. The normalized spacial score (nSPS) is 26.4. The third-order valence-electron chi connectivity index (χ3n) is 3.56. The van der Waals surface area contributed by atoms with Crippen LogP contribution in [0, 0.1) is 0 Å². The molecule has 0 saturated carbocycles. The number of piperazine rings is 1. The summed E-state index contributed by atoms with van der Waals surface area (Å²) < 4.78 is 5.65. The van der Waals surface area contributed by atoms with Crippen molar-refractivity contribution >= 4 is 11.8 Å². The molecule has 2 fully saturated rings. The largest absolute Gasteiger partial charge is 0.394 e. The summed E-state index contributed by atoms with van der Waals surface area (Å²) in [5, 5.41) is 12.4. The number of ether oxygens (including phenoxy) is 1. The maximum atomic E-state index is 12.3. The summed E-state index contributed by atoms with van der Waals surface area (Å²) >= 11 is 0. The Labute approximate surface area is 118 Å². The molecule has 0 aromatic rings. The Bertz CT molecular complexity index is 380. The first-order valence-corrected chi connectivity index (χ1v) is 7.00. The number of carbonyl (C=O) groups is 2. The second-order valence-corrected chi connectivity index (χ2v) is 5.91. The molecule has 2 rings (SSSR count). The molecule has 1 atom stereocenters. The molecule has 2 amide bonds. The van der Waals surface area contributed by atoms with Crippen molar-refractivity contribution in [1.29, 1.82) is 0 Å². The van der Waals surface area contributed by atoms with Crippen LogP contribution < -0.4 is 5.32 Å². The Morgan fingerprint density at radius 1 is 1.25 bits per heavy atom. The van der Waals surface area contributed by atoms with Gasteiger partial charge < -0.3 is 25.0 Å². The van der Waals surface area contributed by atoms with Crippen LogP contribution in [0.3, 0.4) is 0 Å². The van der Waals surface area contributed by atoms with Gasteiger partial charge in [-0.1, -0.05) is 0 Å². The predicted octanol–water partition coefficient (Wildman–Crippen LogP) is -1.58. The number of hydrogen-bond acceptors (Lipinski definition) is 5. The molecule has 0 spiro atoms. The fourth-order valence-electron chi connectivity index (χ4n) is 2.68. The van der Waals surface area contributed by atoms with E-state index in [0.29, 0.717) is 32.7 Å². The average molecular weight is 285 g/mol. The number of rotatable bonds is 1. The van der Waals surface area contributed by atoms with Gasteiger partial charge in [-0.2, -0.15) is 0 Å². The van der Waals surface area contributed by atoms with Crippen molar-refractivity contribution < 1.29 is 19.4 Å². The Morgan fingerprint density at radius 3 is 2.45 bits per heavy atom. The number of morpholine rings is 1. The van der Waals surface area contributed by atoms with E-state index in [9.17, 15) is 14.7 Å². The molecule has 2 heterocycles. The predicted molar refractivity (Wildman–Crippen MR) is 72.1 cm³/mol. The summed E-state index contributed by atoms with van der Waals surface area (Å²) in [5.74, 6) is -0.956. The van der Waals surface area contributed by atoms with Crippen LogP contribution in [0.15, 0.2) is 0 Å². The van der Waals surface area contributed by atoms with Gasteiger partial charge in [0.2, 0.25) is 0 Å². The Kier molecular flexibility index (Phi) is 4.62. The Hall–Kier alpha value is -1.18. The van der Waals surface area contributed by atoms with E-state index in [-0.39, 0.29) is 13.2 Å². The third kappa shape index (κ3) is 3.47. The van der Waals surface area contributed by atoms with E-state index in [2.05, 4.69) is 5.32 Å². The fourth-order valence-corrected chi connectivity index (χ4v) is 2.68. The first-order valence-electron chi connectivity index (χ1n) is 7.00. The second-order valence-electron chi connectivity index (χ2n) is 5.91. The summed E-state index contributed by atoms with van der Waals surface area (Å²) in [4.78, 5) is 27.6. The van der Waals surface area contributed by atoms with E-state index >= 15 is 0 Å². The number of nitrogens with zero attached hydrogens (tertiary/aromatic N) is 2. The third-order valence-corrected chi connectivity index (χ3v) is 3.56.